The lowest BCUT2D eigenvalue weighted by atomic mass is 9.91. The third kappa shape index (κ3) is 3.49. The second-order valence-corrected chi connectivity index (χ2v) is 5.83. The predicted octanol–water partition coefficient (Wildman–Crippen LogP) is 3.81. The molecular formula is C18H23FN2. The summed E-state index contributed by atoms with van der Waals surface area (Å²) in [7, 11) is 0. The summed E-state index contributed by atoms with van der Waals surface area (Å²) in [6.45, 7) is 8.15. The molecule has 21 heavy (non-hydrogen) atoms. The fraction of sp³-hybridized carbons (Fsp3) is 0.333. The first kappa shape index (κ1) is 15.7. The van der Waals surface area contributed by atoms with Crippen molar-refractivity contribution in [2.75, 3.05) is 0 Å². The van der Waals surface area contributed by atoms with Crippen LogP contribution in [-0.2, 0) is 6.42 Å². The summed E-state index contributed by atoms with van der Waals surface area (Å²) in [6, 6.07) is 9.36. The molecule has 0 bridgehead atoms. The van der Waals surface area contributed by atoms with Crippen LogP contribution in [0.25, 0.3) is 0 Å². The Balaban J connectivity index is 2.36. The first-order valence-corrected chi connectivity index (χ1v) is 7.21. The number of benzene rings is 2. The van der Waals surface area contributed by atoms with Gasteiger partial charge in [-0.15, -0.1) is 0 Å². The minimum atomic E-state index is -0.231. The Kier molecular flexibility index (Phi) is 4.76. The van der Waals surface area contributed by atoms with Gasteiger partial charge in [0, 0.05) is 5.56 Å². The molecule has 0 radical (unpaired) electrons. The van der Waals surface area contributed by atoms with E-state index in [0.717, 1.165) is 5.56 Å². The smallest absolute Gasteiger partial charge is 0.128 e. The molecule has 1 unspecified atom stereocenters. The maximum Gasteiger partial charge on any atom is 0.128 e. The van der Waals surface area contributed by atoms with Crippen LogP contribution in [0.3, 0.4) is 0 Å². The molecule has 0 saturated carbocycles. The molecule has 2 nitrogen and oxygen atoms in total. The number of hydrogen-bond donors (Lipinski definition) is 2. The van der Waals surface area contributed by atoms with Crippen LogP contribution in [0.5, 0.6) is 0 Å². The van der Waals surface area contributed by atoms with Crippen molar-refractivity contribution in [2.24, 2.45) is 5.84 Å². The van der Waals surface area contributed by atoms with Gasteiger partial charge in [-0.3, -0.25) is 11.3 Å². The number of hydrazine groups is 1. The number of hydrogen-bond acceptors (Lipinski definition) is 2. The van der Waals surface area contributed by atoms with Crippen molar-refractivity contribution in [1.82, 2.24) is 5.43 Å². The summed E-state index contributed by atoms with van der Waals surface area (Å²) < 4.78 is 14.2. The van der Waals surface area contributed by atoms with Gasteiger partial charge in [0.25, 0.3) is 0 Å². The van der Waals surface area contributed by atoms with Gasteiger partial charge in [-0.2, -0.15) is 0 Å². The Morgan fingerprint density at radius 1 is 1.00 bits per heavy atom. The van der Waals surface area contributed by atoms with Crippen LogP contribution < -0.4 is 11.3 Å². The lowest BCUT2D eigenvalue weighted by Crippen LogP contribution is -2.30. The zero-order valence-corrected chi connectivity index (χ0v) is 13.1. The van der Waals surface area contributed by atoms with Crippen molar-refractivity contribution in [3.63, 3.8) is 0 Å². The van der Waals surface area contributed by atoms with Crippen molar-refractivity contribution < 1.29 is 4.39 Å². The Hall–Kier alpha value is -1.71. The second-order valence-electron chi connectivity index (χ2n) is 5.83. The lowest BCUT2D eigenvalue weighted by molar-refractivity contribution is 0.508. The zero-order chi connectivity index (χ0) is 15.6. The van der Waals surface area contributed by atoms with E-state index in [9.17, 15) is 4.39 Å². The molecule has 2 aromatic rings. The van der Waals surface area contributed by atoms with Crippen LogP contribution in [0, 0.1) is 33.5 Å². The maximum absolute atomic E-state index is 14.2. The largest absolute Gasteiger partial charge is 0.271 e. The average molecular weight is 286 g/mol. The van der Waals surface area contributed by atoms with Crippen LogP contribution in [0.4, 0.5) is 4.39 Å². The summed E-state index contributed by atoms with van der Waals surface area (Å²) in [4.78, 5) is 0. The SMILES string of the molecule is Cc1cc(C)c(CC(NN)c2ccc(C)cc2F)c(C)c1. The third-order valence-electron chi connectivity index (χ3n) is 3.98. The topological polar surface area (TPSA) is 38.0 Å². The molecule has 1 atom stereocenters. The molecule has 0 aliphatic heterocycles. The van der Waals surface area contributed by atoms with Crippen LogP contribution in [0.1, 0.15) is 39.4 Å². The third-order valence-corrected chi connectivity index (χ3v) is 3.98. The quantitative estimate of drug-likeness (QED) is 0.662. The fourth-order valence-electron chi connectivity index (χ4n) is 2.91. The standard InChI is InChI=1S/C18H23FN2/c1-11-5-6-15(17(19)9-11)18(21-20)10-16-13(3)7-12(2)8-14(16)4/h5-9,18,21H,10,20H2,1-4H3. The van der Waals surface area contributed by atoms with Crippen molar-refractivity contribution in [3.8, 4) is 0 Å². The van der Waals surface area contributed by atoms with Crippen molar-refractivity contribution in [2.45, 2.75) is 40.2 Å². The van der Waals surface area contributed by atoms with Crippen molar-refractivity contribution >= 4 is 0 Å². The van der Waals surface area contributed by atoms with Gasteiger partial charge in [0.15, 0.2) is 0 Å². The Morgan fingerprint density at radius 3 is 2.14 bits per heavy atom. The van der Waals surface area contributed by atoms with Gasteiger partial charge in [-0.25, -0.2) is 4.39 Å². The van der Waals surface area contributed by atoms with E-state index in [1.54, 1.807) is 6.07 Å². The molecule has 112 valence electrons. The summed E-state index contributed by atoms with van der Waals surface area (Å²) in [5.74, 6) is 5.46. The molecule has 3 heteroatoms. The fourth-order valence-corrected chi connectivity index (χ4v) is 2.91. The highest BCUT2D eigenvalue weighted by Crippen LogP contribution is 2.25. The normalized spacial score (nSPS) is 12.5. The van der Waals surface area contributed by atoms with Gasteiger partial charge in [-0.05, 0) is 62.4 Å². The molecule has 2 aromatic carbocycles. The van der Waals surface area contributed by atoms with Crippen molar-refractivity contribution in [1.29, 1.82) is 0 Å². The Morgan fingerprint density at radius 2 is 1.62 bits per heavy atom. The molecule has 2 rings (SSSR count). The van der Waals surface area contributed by atoms with E-state index in [4.69, 9.17) is 5.84 Å². The molecule has 0 amide bonds. The van der Waals surface area contributed by atoms with E-state index >= 15 is 0 Å². The minimum Gasteiger partial charge on any atom is -0.271 e. The highest BCUT2D eigenvalue weighted by Gasteiger charge is 2.17. The monoisotopic (exact) mass is 286 g/mol. The average Bonchev–Trinajstić information content (AvgIpc) is 2.39. The minimum absolute atomic E-state index is 0.208. The number of halogens is 1. The Labute approximate surface area is 126 Å². The summed E-state index contributed by atoms with van der Waals surface area (Å²) in [5, 5.41) is 0. The van der Waals surface area contributed by atoms with E-state index < -0.39 is 0 Å². The Bertz CT molecular complexity index is 627. The van der Waals surface area contributed by atoms with Gasteiger partial charge < -0.3 is 0 Å². The number of nitrogens with two attached hydrogens (primary N) is 1. The van der Waals surface area contributed by atoms with E-state index in [1.807, 2.05) is 19.1 Å². The molecule has 0 aliphatic carbocycles. The van der Waals surface area contributed by atoms with E-state index in [0.29, 0.717) is 12.0 Å². The highest BCUT2D eigenvalue weighted by molar-refractivity contribution is 5.39. The number of aryl methyl sites for hydroxylation is 4. The summed E-state index contributed by atoms with van der Waals surface area (Å²) in [5.41, 5.74) is 9.19. The first-order valence-electron chi connectivity index (χ1n) is 7.21. The van der Waals surface area contributed by atoms with Crippen LogP contribution in [0.15, 0.2) is 30.3 Å². The molecule has 3 N–H and O–H groups in total. The number of rotatable bonds is 4. The molecule has 0 aliphatic rings. The molecule has 0 saturated heterocycles. The van der Waals surface area contributed by atoms with E-state index in [2.05, 4.69) is 38.3 Å². The van der Waals surface area contributed by atoms with Crippen LogP contribution in [-0.4, -0.2) is 0 Å². The second kappa shape index (κ2) is 6.37. The maximum atomic E-state index is 14.2. The van der Waals surface area contributed by atoms with Crippen LogP contribution in [0.2, 0.25) is 0 Å². The molecule has 0 aromatic heterocycles. The molecular weight excluding hydrogens is 263 g/mol. The van der Waals surface area contributed by atoms with Gasteiger partial charge in [0.1, 0.15) is 5.82 Å². The van der Waals surface area contributed by atoms with Gasteiger partial charge >= 0.3 is 0 Å². The predicted molar refractivity (Wildman–Crippen MR) is 85.6 cm³/mol. The number of nitrogens with one attached hydrogen (secondary N) is 1. The highest BCUT2D eigenvalue weighted by atomic mass is 19.1. The molecule has 0 fully saturated rings. The van der Waals surface area contributed by atoms with Crippen molar-refractivity contribution in [3.05, 3.63) is 69.5 Å². The van der Waals surface area contributed by atoms with Gasteiger partial charge in [0.2, 0.25) is 0 Å². The summed E-state index contributed by atoms with van der Waals surface area (Å²) >= 11 is 0. The van der Waals surface area contributed by atoms with Gasteiger partial charge in [0.05, 0.1) is 6.04 Å². The van der Waals surface area contributed by atoms with E-state index in [-0.39, 0.29) is 11.9 Å². The lowest BCUT2D eigenvalue weighted by Gasteiger charge is -2.20. The molecule has 0 heterocycles. The first-order chi connectivity index (χ1) is 9.92. The molecule has 0 spiro atoms. The van der Waals surface area contributed by atoms with Crippen LogP contribution >= 0.6 is 0 Å². The van der Waals surface area contributed by atoms with Gasteiger partial charge in [-0.1, -0.05) is 29.8 Å². The zero-order valence-electron chi connectivity index (χ0n) is 13.1. The summed E-state index contributed by atoms with van der Waals surface area (Å²) in [6.07, 6.45) is 0.675. The van der Waals surface area contributed by atoms with E-state index in [1.165, 1.54) is 22.3 Å².